The number of likely N-dealkylation sites (N-methyl/N-ethyl adjacent to an activating group) is 1. The van der Waals surface area contributed by atoms with Crippen molar-refractivity contribution < 1.29 is 91.8 Å². The van der Waals surface area contributed by atoms with Crippen molar-refractivity contribution in [2.75, 3.05) is 58.4 Å². The van der Waals surface area contributed by atoms with E-state index < -0.39 is 180 Å². The van der Waals surface area contributed by atoms with Gasteiger partial charge in [-0.3, -0.25) is 84.0 Å². The van der Waals surface area contributed by atoms with E-state index in [-0.39, 0.29) is 127 Å². The van der Waals surface area contributed by atoms with Gasteiger partial charge in [0.1, 0.15) is 58.9 Å². The fourth-order valence-electron chi connectivity index (χ4n) is 14.1. The quantitative estimate of drug-likeness (QED) is 0.0120. The van der Waals surface area contributed by atoms with Gasteiger partial charge in [-0.15, -0.1) is 0 Å². The highest BCUT2D eigenvalue weighted by molar-refractivity contribution is 7.90. The lowest BCUT2D eigenvalue weighted by molar-refractivity contribution is -0.134. The molecule has 3 aromatic rings. The maximum absolute atomic E-state index is 14.4. The number of fused-ring (bicyclic) bond motifs is 1. The number of primary amides is 2. The number of H-pyrrole nitrogens is 1. The van der Waals surface area contributed by atoms with E-state index in [0.717, 1.165) is 48.4 Å². The van der Waals surface area contributed by atoms with Crippen LogP contribution < -0.4 is 104 Å². The normalized spacial score (nSPS) is 20.1. The Morgan fingerprint density at radius 2 is 1.14 bits per heavy atom. The first-order chi connectivity index (χ1) is 60.5. The first kappa shape index (κ1) is 111. The molecule has 2 aromatic carbocycles. The Kier molecular flexibility index (Phi) is 55.5. The zero-order chi connectivity index (χ0) is 94.2. The van der Waals surface area contributed by atoms with Crippen LogP contribution >= 0.6 is 0 Å². The van der Waals surface area contributed by atoms with Crippen molar-refractivity contribution in [3.8, 4) is 0 Å². The molecule has 41 nitrogen and oxygen atoms in total. The standard InChI is InChI=1S/C43H65N11O9S.C42H83N11O10/c1-26-17-18-36(55)47-20-9-8-15-31(37(44)56)50-42(61)35(24-28-25-49-30-14-7-6-13-29(28)30)54-39(58)32(16-10-21-48-43(45)46)52-41(60)34(23-27-11-4-3-5-12-27)53-40(59)33(51-38(26)57)19-22-64(2,62)63;1-4-6-8-9-10-11-12-13-14-15-16-17-18-22-35(57)48-26-36(58)49-32(27-54)40(62)52-31(23-24-34(43)56)39(61)51-30(21-19-25-47-42(44)45)38(60)53-33(28-55)41(63)50-29(20-7-5-2)37(59)46-3/h3-7,11-14,25-26,31-35,38,42,49-51,57,61H,8-10,15-24H2,1-2H3,(H2,44,56)(H,47,55)(H,52,60)(H,53,59)(H,54,58)(H4,45,46,48);29-33,39-40,51-52,54-55,61-62H,4-28H2,1-3H3,(H2,43,56)(H,46,59)(H,48,57)(H,49,58)(H,50,63)(H,53,60)(H4,44,45,47)/t26-,31?,32-,33-,34+,35-,38-,42-;29-,30-,31-,32-,33-,39-,40-/m00/s1. The van der Waals surface area contributed by atoms with Crippen molar-refractivity contribution in [2.24, 2.45) is 50.3 Å². The molecule has 0 saturated carbocycles. The number of benzene rings is 2. The summed E-state index contributed by atoms with van der Waals surface area (Å²) in [5.41, 5.74) is 35.3. The number of aromatic amines is 1. The van der Waals surface area contributed by atoms with E-state index >= 15 is 0 Å². The Morgan fingerprint density at radius 3 is 1.75 bits per heavy atom. The molecule has 718 valence electrons. The van der Waals surface area contributed by atoms with Crippen molar-refractivity contribution in [1.82, 2.24) is 74.1 Å². The lowest BCUT2D eigenvalue weighted by Crippen LogP contribution is -2.62. The molecule has 1 saturated heterocycles. The van der Waals surface area contributed by atoms with E-state index in [1.807, 2.05) is 31.2 Å². The van der Waals surface area contributed by atoms with Crippen LogP contribution in [0.25, 0.3) is 10.9 Å². The second kappa shape index (κ2) is 63.2. The highest BCUT2D eigenvalue weighted by Gasteiger charge is 2.37. The molecule has 2 heterocycles. The summed E-state index contributed by atoms with van der Waals surface area (Å²) < 4.78 is 24.5. The molecule has 15 atom stereocenters. The Bertz CT molecular complexity index is 3960. The monoisotopic (exact) mass is 1810 g/mol. The summed E-state index contributed by atoms with van der Waals surface area (Å²) in [4.78, 5) is 155. The minimum Gasteiger partial charge on any atom is -0.394 e. The van der Waals surface area contributed by atoms with Gasteiger partial charge in [0.2, 0.25) is 65.0 Å². The molecule has 32 N–H and O–H groups in total. The summed E-state index contributed by atoms with van der Waals surface area (Å²) in [6.45, 7) is 4.25. The van der Waals surface area contributed by atoms with Crippen LogP contribution in [0.5, 0.6) is 0 Å². The third kappa shape index (κ3) is 47.8. The summed E-state index contributed by atoms with van der Waals surface area (Å²) in [6, 6.07) is 3.97. The van der Waals surface area contributed by atoms with Gasteiger partial charge in [0.15, 0.2) is 11.9 Å². The van der Waals surface area contributed by atoms with Gasteiger partial charge in [0, 0.05) is 81.8 Å². The van der Waals surface area contributed by atoms with Crippen LogP contribution in [0.2, 0.25) is 0 Å². The van der Waals surface area contributed by atoms with Gasteiger partial charge >= 0.3 is 0 Å². The molecule has 1 aliphatic heterocycles. The lowest BCUT2D eigenvalue weighted by atomic mass is 10.0. The second-order valence-corrected chi connectivity index (χ2v) is 34.7. The number of para-hydroxylation sites is 1. The molecule has 1 aliphatic rings. The maximum atomic E-state index is 14.4. The Morgan fingerprint density at radius 1 is 0.567 bits per heavy atom. The van der Waals surface area contributed by atoms with E-state index in [0.29, 0.717) is 37.7 Å². The number of guanidine groups is 2. The summed E-state index contributed by atoms with van der Waals surface area (Å²) >= 11 is 0. The van der Waals surface area contributed by atoms with Gasteiger partial charge in [-0.05, 0) is 107 Å². The Hall–Kier alpha value is -9.76. The predicted octanol–water partition coefficient (Wildman–Crippen LogP) is -2.52. The van der Waals surface area contributed by atoms with Gasteiger partial charge in [-0.2, -0.15) is 0 Å². The number of carbonyl (C=O) groups excluding carboxylic acids is 11. The van der Waals surface area contributed by atoms with Gasteiger partial charge in [0.05, 0.1) is 55.7 Å². The molecule has 0 spiro atoms. The number of unbranched alkanes of at least 4 members (excludes halogenated alkanes) is 13. The molecule has 0 bridgehead atoms. The van der Waals surface area contributed by atoms with Crippen molar-refractivity contribution in [3.05, 3.63) is 71.9 Å². The number of aliphatic imine (C=N–C) groups is 2. The number of sulfone groups is 1. The van der Waals surface area contributed by atoms with E-state index in [1.165, 1.54) is 64.8 Å². The minimum absolute atomic E-state index is 0.00670. The second-order valence-electron chi connectivity index (χ2n) is 32.5. The molecular formula is C85H148N22O19S. The smallest absolute Gasteiger partial charge is 0.245 e. The van der Waals surface area contributed by atoms with Crippen LogP contribution in [0.1, 0.15) is 218 Å². The number of nitrogens with zero attached hydrogens (tertiary/aromatic N) is 2. The molecular weight excluding hydrogens is 1670 g/mol. The number of aliphatic hydroxyl groups is 6. The third-order valence-corrected chi connectivity index (χ3v) is 22.6. The first-order valence-electron chi connectivity index (χ1n) is 44.5. The molecule has 0 radical (unpaired) electrons. The number of carbonyl (C=O) groups is 11. The van der Waals surface area contributed by atoms with Crippen molar-refractivity contribution >= 4 is 97.6 Å². The van der Waals surface area contributed by atoms with Crippen molar-refractivity contribution in [3.63, 3.8) is 0 Å². The molecule has 42 heteroatoms. The first-order valence-corrected chi connectivity index (χ1v) is 46.6. The average Bonchev–Trinajstić information content (AvgIpc) is 1.70. The number of aromatic nitrogens is 1. The fraction of sp³-hybridized carbons (Fsp3) is 0.682. The molecule has 1 aromatic heterocycles. The molecule has 11 amide bonds. The van der Waals surface area contributed by atoms with Crippen LogP contribution in [0, 0.1) is 5.92 Å². The summed E-state index contributed by atoms with van der Waals surface area (Å²) in [7, 11) is -2.16. The van der Waals surface area contributed by atoms with Crippen LogP contribution in [-0.2, 0) is 75.4 Å². The summed E-state index contributed by atoms with van der Waals surface area (Å²) in [6.07, 6.45) is 14.7. The topological polar surface area (TPSA) is 696 Å². The lowest BCUT2D eigenvalue weighted by Gasteiger charge is -2.33. The van der Waals surface area contributed by atoms with Crippen LogP contribution in [-0.4, -0.2) is 265 Å². The average molecular weight is 1810 g/mol. The number of nitrogens with two attached hydrogens (primary N) is 6. The van der Waals surface area contributed by atoms with Gasteiger partial charge in [-0.1, -0.05) is 159 Å². The van der Waals surface area contributed by atoms with Gasteiger partial charge in [-0.25, -0.2) is 8.42 Å². The minimum atomic E-state index is -3.58. The van der Waals surface area contributed by atoms with Crippen LogP contribution in [0.15, 0.2) is 70.8 Å². The zero-order valence-corrected chi connectivity index (χ0v) is 75.4. The SMILES string of the molecule is CCCCCCCCCCCCCCCC(=O)NCC(=O)N[C@@H](CO)[C@H](O)N[C@@H](CCC(N)=O)[C@H](O)N[C@@H](CCCN=C(N)N)C(=O)N[C@@H](CO)C(=O)N[C@@H](CCCC)C(=O)NC.C[C@H]1CCC(=O)NCCCCC(C(N)=O)N[C@@H](O)[C@H](Cc2c[nH]c3ccccc23)NC(=O)[C@H](CCCN=C(N)N)NC(=O)[C@@H](Cc2ccccc2)NC(=O)[C@H](CCS(C)(=O)=O)N[C@H]1O. The van der Waals surface area contributed by atoms with E-state index in [1.54, 1.807) is 43.5 Å². The molecule has 1 unspecified atom stereocenters. The number of amides is 11. The largest absolute Gasteiger partial charge is 0.394 e. The number of aliphatic hydroxyl groups excluding tert-OH is 6. The Balaban J connectivity index is 0.000000655. The number of hydrogen-bond donors (Lipinski definition) is 26. The zero-order valence-electron chi connectivity index (χ0n) is 74.6. The molecule has 127 heavy (non-hydrogen) atoms. The van der Waals surface area contributed by atoms with E-state index in [2.05, 4.69) is 91.0 Å². The van der Waals surface area contributed by atoms with Crippen LogP contribution in [0.3, 0.4) is 0 Å². The van der Waals surface area contributed by atoms with Gasteiger partial charge < -0.3 is 118 Å². The third-order valence-electron chi connectivity index (χ3n) is 21.6. The fourth-order valence-corrected chi connectivity index (χ4v) is 14.8. The highest BCUT2D eigenvalue weighted by atomic mass is 32.2. The molecule has 0 aliphatic carbocycles. The van der Waals surface area contributed by atoms with E-state index in [9.17, 15) is 91.8 Å². The predicted molar refractivity (Wildman–Crippen MR) is 484 cm³/mol. The maximum Gasteiger partial charge on any atom is 0.245 e. The van der Waals surface area contributed by atoms with Crippen LogP contribution in [0.4, 0.5) is 0 Å². The Labute approximate surface area is 745 Å². The van der Waals surface area contributed by atoms with Crippen molar-refractivity contribution in [2.45, 2.75) is 305 Å². The molecule has 4 rings (SSSR count). The highest BCUT2D eigenvalue weighted by Crippen LogP contribution is 2.22. The van der Waals surface area contributed by atoms with Gasteiger partial charge in [0.25, 0.3) is 0 Å². The molecule has 1 fully saturated rings. The number of hydrogen-bond acceptors (Lipinski definition) is 25. The van der Waals surface area contributed by atoms with E-state index in [4.69, 9.17) is 34.4 Å². The van der Waals surface area contributed by atoms with Crippen molar-refractivity contribution in [1.29, 1.82) is 0 Å². The summed E-state index contributed by atoms with van der Waals surface area (Å²) in [5.74, 6) is -8.54. The number of nitrogens with one attached hydrogen (secondary N) is 14. The number of rotatable bonds is 52. The summed E-state index contributed by atoms with van der Waals surface area (Å²) in [5, 5.41) is 101.